The number of morpholine rings is 1. The molecule has 7 heteroatoms. The van der Waals surface area contributed by atoms with E-state index in [9.17, 15) is 0 Å². The number of aromatic nitrogens is 4. The van der Waals surface area contributed by atoms with Crippen LogP contribution in [0.2, 0.25) is 0 Å². The second-order valence-corrected chi connectivity index (χ2v) is 8.19. The fourth-order valence-electron chi connectivity index (χ4n) is 3.99. The normalized spacial score (nSPS) is 19.8. The highest BCUT2D eigenvalue weighted by atomic mass is 16.5. The number of H-pyrrole nitrogens is 2. The molecule has 1 radical (unpaired) electrons. The molecule has 0 amide bonds. The Morgan fingerprint density at radius 1 is 1.20 bits per heavy atom. The van der Waals surface area contributed by atoms with Crippen LogP contribution in [0.1, 0.15) is 20.8 Å². The van der Waals surface area contributed by atoms with Crippen LogP contribution < -0.4 is 9.64 Å². The molecule has 0 bridgehead atoms. The van der Waals surface area contributed by atoms with Gasteiger partial charge in [0.25, 0.3) is 0 Å². The molecule has 0 spiro atoms. The molecule has 1 aliphatic rings. The summed E-state index contributed by atoms with van der Waals surface area (Å²) in [7, 11) is 0. The molecule has 0 saturated carbocycles. The number of fused-ring (bicyclic) bond motifs is 2. The van der Waals surface area contributed by atoms with Crippen LogP contribution in [0.25, 0.3) is 33.5 Å². The van der Waals surface area contributed by atoms with Crippen LogP contribution in [0.15, 0.2) is 36.4 Å². The summed E-state index contributed by atoms with van der Waals surface area (Å²) in [4.78, 5) is 10.6. The number of aromatic amines is 2. The maximum atomic E-state index is 5.78. The van der Waals surface area contributed by atoms with E-state index in [1.54, 1.807) is 0 Å². The average Bonchev–Trinajstić information content (AvgIpc) is 3.32. The lowest BCUT2D eigenvalue weighted by atomic mass is 10.1. The molecule has 2 unspecified atom stereocenters. The van der Waals surface area contributed by atoms with Crippen molar-refractivity contribution in [1.29, 1.82) is 0 Å². The summed E-state index contributed by atoms with van der Waals surface area (Å²) >= 11 is 0. The number of anilines is 1. The predicted octanol–water partition coefficient (Wildman–Crippen LogP) is 4.32. The fourth-order valence-corrected chi connectivity index (χ4v) is 3.99. The van der Waals surface area contributed by atoms with Gasteiger partial charge in [0.2, 0.25) is 0 Å². The van der Waals surface area contributed by atoms with Crippen molar-refractivity contribution in [1.82, 2.24) is 20.2 Å². The monoisotopic (exact) mass is 404 g/mol. The molecule has 2 aromatic heterocycles. The van der Waals surface area contributed by atoms with Gasteiger partial charge >= 0.3 is 0 Å². The van der Waals surface area contributed by atoms with Gasteiger partial charge in [-0.05, 0) is 58.0 Å². The summed E-state index contributed by atoms with van der Waals surface area (Å²) in [5.41, 5.74) is 4.77. The standard InChI is InChI=1S/C23H26N5O2/c1-13(2)30-17-6-7-18-20(10-17)26-27-22(18)23-24-19-8-5-16(9-21(19)25-23)28-11-15(4)29-12-14(28)3/h5-10,13-15H,4,11-12H2,1-3H3,(H,24,25)(H,26,27). The van der Waals surface area contributed by atoms with Crippen LogP contribution in [0.5, 0.6) is 5.75 Å². The minimum Gasteiger partial charge on any atom is -0.491 e. The lowest BCUT2D eigenvalue weighted by molar-refractivity contribution is 0.0499. The fraction of sp³-hybridized carbons (Fsp3) is 0.348. The summed E-state index contributed by atoms with van der Waals surface area (Å²) in [5, 5.41) is 8.61. The molecule has 1 aliphatic heterocycles. The first-order valence-corrected chi connectivity index (χ1v) is 10.3. The van der Waals surface area contributed by atoms with E-state index < -0.39 is 0 Å². The Kier molecular flexibility index (Phi) is 4.62. The summed E-state index contributed by atoms with van der Waals surface area (Å²) in [6, 6.07) is 12.6. The van der Waals surface area contributed by atoms with Crippen molar-refractivity contribution in [2.24, 2.45) is 0 Å². The molecule has 2 N–H and O–H groups in total. The van der Waals surface area contributed by atoms with E-state index in [0.29, 0.717) is 12.6 Å². The number of benzene rings is 2. The highest BCUT2D eigenvalue weighted by Crippen LogP contribution is 2.31. The van der Waals surface area contributed by atoms with Crippen LogP contribution >= 0.6 is 0 Å². The van der Waals surface area contributed by atoms with Gasteiger partial charge in [-0.15, -0.1) is 0 Å². The number of rotatable bonds is 4. The van der Waals surface area contributed by atoms with Crippen LogP contribution in [0.4, 0.5) is 5.69 Å². The highest BCUT2D eigenvalue weighted by Gasteiger charge is 2.24. The molecule has 1 fully saturated rings. The van der Waals surface area contributed by atoms with Gasteiger partial charge in [0.15, 0.2) is 5.82 Å². The van der Waals surface area contributed by atoms with Gasteiger partial charge in [-0.2, -0.15) is 5.10 Å². The van der Waals surface area contributed by atoms with E-state index in [4.69, 9.17) is 14.5 Å². The average molecular weight is 404 g/mol. The van der Waals surface area contributed by atoms with Crippen molar-refractivity contribution >= 4 is 27.6 Å². The SMILES string of the molecule is [CH2]C1CN(c2ccc3nc(-c4n[nH]c5cc(OC(C)C)ccc45)[nH]c3c2)C(C)CO1. The molecule has 2 atom stereocenters. The first-order valence-electron chi connectivity index (χ1n) is 10.3. The quantitative estimate of drug-likeness (QED) is 0.530. The van der Waals surface area contributed by atoms with Gasteiger partial charge in [0.1, 0.15) is 11.4 Å². The number of nitrogens with zero attached hydrogens (tertiary/aromatic N) is 3. The van der Waals surface area contributed by atoms with Crippen LogP contribution in [0, 0.1) is 6.92 Å². The molecule has 7 nitrogen and oxygen atoms in total. The largest absolute Gasteiger partial charge is 0.491 e. The van der Waals surface area contributed by atoms with E-state index >= 15 is 0 Å². The number of ether oxygens (including phenoxy) is 2. The van der Waals surface area contributed by atoms with Gasteiger partial charge in [-0.25, -0.2) is 4.98 Å². The summed E-state index contributed by atoms with van der Waals surface area (Å²) in [6.45, 7) is 11.7. The predicted molar refractivity (Wildman–Crippen MR) is 119 cm³/mol. The molecule has 3 heterocycles. The zero-order valence-electron chi connectivity index (χ0n) is 17.5. The number of hydrogen-bond acceptors (Lipinski definition) is 5. The molecule has 30 heavy (non-hydrogen) atoms. The Hall–Kier alpha value is -3.06. The Balaban J connectivity index is 1.49. The first kappa shape index (κ1) is 18.9. The van der Waals surface area contributed by atoms with E-state index in [-0.39, 0.29) is 12.2 Å². The van der Waals surface area contributed by atoms with Gasteiger partial charge in [0.05, 0.1) is 35.4 Å². The number of nitrogens with one attached hydrogen (secondary N) is 2. The van der Waals surface area contributed by atoms with Crippen molar-refractivity contribution in [3.63, 3.8) is 0 Å². The minimum absolute atomic E-state index is 0.0192. The zero-order valence-corrected chi connectivity index (χ0v) is 17.5. The van der Waals surface area contributed by atoms with Crippen molar-refractivity contribution in [3.05, 3.63) is 43.3 Å². The Bertz CT molecular complexity index is 1190. The van der Waals surface area contributed by atoms with Crippen molar-refractivity contribution in [2.45, 2.75) is 39.0 Å². The van der Waals surface area contributed by atoms with E-state index in [1.165, 1.54) is 0 Å². The maximum Gasteiger partial charge on any atom is 0.159 e. The molecular weight excluding hydrogens is 378 g/mol. The van der Waals surface area contributed by atoms with Gasteiger partial charge in [-0.3, -0.25) is 5.10 Å². The van der Waals surface area contributed by atoms with E-state index in [1.807, 2.05) is 38.1 Å². The smallest absolute Gasteiger partial charge is 0.159 e. The number of hydrogen-bond donors (Lipinski definition) is 2. The Morgan fingerprint density at radius 2 is 2.07 bits per heavy atom. The Labute approximate surface area is 175 Å². The van der Waals surface area contributed by atoms with E-state index in [2.05, 4.69) is 46.1 Å². The van der Waals surface area contributed by atoms with Gasteiger partial charge in [-0.1, -0.05) is 0 Å². The van der Waals surface area contributed by atoms with Crippen molar-refractivity contribution in [3.8, 4) is 17.3 Å². The van der Waals surface area contributed by atoms with Crippen molar-refractivity contribution < 1.29 is 9.47 Å². The lowest BCUT2D eigenvalue weighted by Gasteiger charge is -2.38. The van der Waals surface area contributed by atoms with Crippen LogP contribution in [-0.4, -0.2) is 51.6 Å². The first-order chi connectivity index (χ1) is 14.5. The second kappa shape index (κ2) is 7.32. The third-order valence-electron chi connectivity index (χ3n) is 5.43. The molecule has 5 rings (SSSR count). The molecule has 4 aromatic rings. The molecular formula is C23H26N5O2. The van der Waals surface area contributed by atoms with Crippen LogP contribution in [0.3, 0.4) is 0 Å². The van der Waals surface area contributed by atoms with Gasteiger partial charge in [0, 0.05) is 29.7 Å². The topological polar surface area (TPSA) is 79.1 Å². The molecule has 155 valence electrons. The van der Waals surface area contributed by atoms with Gasteiger partial charge < -0.3 is 19.4 Å². The second-order valence-electron chi connectivity index (χ2n) is 8.19. The third-order valence-corrected chi connectivity index (χ3v) is 5.43. The van der Waals surface area contributed by atoms with Crippen LogP contribution in [-0.2, 0) is 4.74 Å². The van der Waals surface area contributed by atoms with E-state index in [0.717, 1.165) is 51.4 Å². The van der Waals surface area contributed by atoms with Crippen molar-refractivity contribution in [2.75, 3.05) is 18.1 Å². The third kappa shape index (κ3) is 3.39. The molecule has 2 aromatic carbocycles. The Morgan fingerprint density at radius 3 is 2.90 bits per heavy atom. The summed E-state index contributed by atoms with van der Waals surface area (Å²) in [5.74, 6) is 1.57. The minimum atomic E-state index is -0.0192. The molecule has 0 aliphatic carbocycles. The zero-order chi connectivity index (χ0) is 20.8. The maximum absolute atomic E-state index is 5.78. The summed E-state index contributed by atoms with van der Waals surface area (Å²) in [6.07, 6.45) is 0.108. The lowest BCUT2D eigenvalue weighted by Crippen LogP contribution is -2.47. The number of imidazole rings is 1. The molecule has 1 saturated heterocycles. The highest BCUT2D eigenvalue weighted by molar-refractivity contribution is 5.94. The summed E-state index contributed by atoms with van der Waals surface area (Å²) < 4.78 is 11.4.